The van der Waals surface area contributed by atoms with Gasteiger partial charge in [0.25, 0.3) is 6.10 Å². The van der Waals surface area contributed by atoms with Crippen LogP contribution in [0.1, 0.15) is 25.0 Å². The molecule has 0 bridgehead atoms. The van der Waals surface area contributed by atoms with E-state index in [0.29, 0.717) is 5.56 Å². The predicted molar refractivity (Wildman–Crippen MR) is 135 cm³/mol. The first-order valence-corrected chi connectivity index (χ1v) is 16.2. The quantitative estimate of drug-likeness (QED) is 0.171. The van der Waals surface area contributed by atoms with Gasteiger partial charge in [-0.3, -0.25) is 9.69 Å². The molecule has 1 fully saturated rings. The van der Waals surface area contributed by atoms with Crippen LogP contribution in [-0.2, 0) is 20.8 Å². The Morgan fingerprint density at radius 1 is 1.00 bits per heavy atom. The van der Waals surface area contributed by atoms with Gasteiger partial charge >= 0.3 is 24.4 Å². The zero-order valence-corrected chi connectivity index (χ0v) is 23.9. The van der Waals surface area contributed by atoms with E-state index in [1.165, 1.54) is 12.1 Å². The monoisotopic (exact) mass is 598 g/mol. The van der Waals surface area contributed by atoms with E-state index in [2.05, 4.69) is 36.2 Å². The van der Waals surface area contributed by atoms with Crippen molar-refractivity contribution in [3.05, 3.63) is 35.1 Å². The van der Waals surface area contributed by atoms with E-state index in [-0.39, 0.29) is 44.9 Å². The van der Waals surface area contributed by atoms with Crippen molar-refractivity contribution in [1.29, 1.82) is 0 Å². The number of hydrogen-bond acceptors (Lipinski definition) is 5. The Morgan fingerprint density at radius 3 is 2.10 bits per heavy atom. The molecule has 0 radical (unpaired) electrons. The number of carbonyl (C=O) groups excluding carboxylic acids is 2. The van der Waals surface area contributed by atoms with E-state index in [4.69, 9.17) is 4.74 Å². The number of ether oxygens (including phenoxy) is 2. The van der Waals surface area contributed by atoms with Crippen LogP contribution in [0.4, 0.5) is 35.5 Å². The van der Waals surface area contributed by atoms with Gasteiger partial charge in [0.15, 0.2) is 0 Å². The van der Waals surface area contributed by atoms with Crippen LogP contribution in [0.3, 0.4) is 0 Å². The molecule has 0 aliphatic carbocycles. The van der Waals surface area contributed by atoms with E-state index in [1.54, 1.807) is 24.8 Å². The van der Waals surface area contributed by atoms with Gasteiger partial charge in [-0.05, 0) is 31.5 Å². The largest absolute Gasteiger partial charge is 0.465 e. The second-order valence-electron chi connectivity index (χ2n) is 11.2. The van der Waals surface area contributed by atoms with Gasteiger partial charge in [-0.2, -0.15) is 26.3 Å². The van der Waals surface area contributed by atoms with Crippen molar-refractivity contribution in [1.82, 2.24) is 9.80 Å². The van der Waals surface area contributed by atoms with Gasteiger partial charge in [0.05, 0.1) is 12.2 Å². The Morgan fingerprint density at radius 2 is 1.57 bits per heavy atom. The van der Waals surface area contributed by atoms with Gasteiger partial charge in [-0.15, -0.1) is 0 Å². The molecule has 1 aliphatic rings. The molecular weight excluding hydrogens is 565 g/mol. The molecule has 0 N–H and O–H groups in total. The minimum absolute atomic E-state index is 0.0468. The van der Waals surface area contributed by atoms with Gasteiger partial charge in [0.2, 0.25) is 0 Å². The smallest absolute Gasteiger partial charge is 0.434 e. The van der Waals surface area contributed by atoms with Crippen LogP contribution in [0, 0.1) is 23.1 Å². The van der Waals surface area contributed by atoms with Crippen LogP contribution in [0.25, 0.3) is 0 Å². The number of esters is 1. The zero-order chi connectivity index (χ0) is 30.5. The summed E-state index contributed by atoms with van der Waals surface area (Å²) in [7, 11) is -1.41. The van der Waals surface area contributed by atoms with Gasteiger partial charge in [-0.1, -0.05) is 43.6 Å². The van der Waals surface area contributed by atoms with Crippen LogP contribution >= 0.6 is 0 Å². The number of hydrogen-bond donors (Lipinski definition) is 0. The Labute approximate surface area is 229 Å². The molecule has 1 amide bonds. The summed E-state index contributed by atoms with van der Waals surface area (Å²) in [4.78, 5) is 27.0. The maximum absolute atomic E-state index is 14.7. The van der Waals surface area contributed by atoms with E-state index in [0.717, 1.165) is 10.9 Å². The summed E-state index contributed by atoms with van der Waals surface area (Å²) >= 11 is 0. The summed E-state index contributed by atoms with van der Waals surface area (Å²) in [6.07, 6.45) is -17.6. The lowest BCUT2D eigenvalue weighted by Crippen LogP contribution is -2.52. The molecule has 40 heavy (non-hydrogen) atoms. The molecule has 0 saturated carbocycles. The summed E-state index contributed by atoms with van der Waals surface area (Å²) in [6.45, 7) is 9.75. The molecule has 14 heteroatoms. The second kappa shape index (κ2) is 12.8. The molecule has 1 heterocycles. The average molecular weight is 599 g/mol. The van der Waals surface area contributed by atoms with Crippen molar-refractivity contribution < 1.29 is 49.8 Å². The number of amides is 1. The Hall–Kier alpha value is -2.79. The van der Waals surface area contributed by atoms with Crippen molar-refractivity contribution in [3.8, 4) is 11.8 Å². The van der Waals surface area contributed by atoms with E-state index in [9.17, 15) is 40.3 Å². The van der Waals surface area contributed by atoms with E-state index in [1.807, 2.05) is 0 Å². The fourth-order valence-corrected chi connectivity index (χ4v) is 4.28. The first-order chi connectivity index (χ1) is 18.2. The van der Waals surface area contributed by atoms with Gasteiger partial charge in [0.1, 0.15) is 11.2 Å². The van der Waals surface area contributed by atoms with Crippen molar-refractivity contribution in [3.63, 3.8) is 0 Å². The number of piperazine rings is 1. The number of nitrogens with zero attached hydrogens (tertiary/aromatic N) is 2. The molecule has 0 atom stereocenters. The third kappa shape index (κ3) is 9.99. The molecular formula is C26H33F7N2O4Si. The summed E-state index contributed by atoms with van der Waals surface area (Å²) in [5, 5.41) is 0. The number of alkyl halides is 6. The van der Waals surface area contributed by atoms with Crippen molar-refractivity contribution in [2.24, 2.45) is 5.41 Å². The number of rotatable bonds is 7. The topological polar surface area (TPSA) is 59.1 Å². The highest BCUT2D eigenvalue weighted by Gasteiger charge is 2.60. The molecule has 0 unspecified atom stereocenters. The summed E-state index contributed by atoms with van der Waals surface area (Å²) in [5.41, 5.74) is -0.707. The molecule has 6 nitrogen and oxygen atoms in total. The van der Waals surface area contributed by atoms with Crippen molar-refractivity contribution in [2.75, 3.05) is 32.8 Å². The number of carbonyl (C=O) groups is 2. The molecule has 0 spiro atoms. The second-order valence-corrected chi connectivity index (χ2v) is 16.8. The summed E-state index contributed by atoms with van der Waals surface area (Å²) in [5.74, 6) is 4.36. The van der Waals surface area contributed by atoms with Crippen LogP contribution < -0.4 is 0 Å². The SMILES string of the molecule is CC(C)(C#Cc1c(F)cccc1CN1CCN(C(=O)OC(C(F)(F)F)C(F)(F)F)CC1)C(=O)OCC[Si](C)(C)C. The standard InChI is InChI=1S/C26H33F7N2O4Si/c1-24(2,22(36)38-15-16-40(3,4)5)10-9-19-18(7-6-8-20(19)27)17-34-11-13-35(14-12-34)23(37)39-21(25(28,29)30)26(31,32)33/h6-8,21H,11-17H2,1-5H3. The van der Waals surface area contributed by atoms with Gasteiger partial charge in [0, 0.05) is 40.8 Å². The fraction of sp³-hybridized carbons (Fsp3) is 0.615. The van der Waals surface area contributed by atoms with Crippen molar-refractivity contribution >= 4 is 20.1 Å². The van der Waals surface area contributed by atoms with Crippen LogP contribution in [0.5, 0.6) is 0 Å². The maximum Gasteiger partial charge on any atom is 0.434 e. The van der Waals surface area contributed by atoms with Gasteiger partial charge < -0.3 is 14.4 Å². The molecule has 2 rings (SSSR count). The Kier molecular flexibility index (Phi) is 10.7. The molecule has 1 aliphatic heterocycles. The predicted octanol–water partition coefficient (Wildman–Crippen LogP) is 5.83. The Bertz CT molecular complexity index is 1100. The molecule has 1 aromatic rings. The average Bonchev–Trinajstić information content (AvgIpc) is 2.80. The molecule has 224 valence electrons. The lowest BCUT2D eigenvalue weighted by Gasteiger charge is -2.35. The number of halogens is 7. The van der Waals surface area contributed by atoms with E-state index >= 15 is 0 Å². The maximum atomic E-state index is 14.7. The molecule has 0 aromatic heterocycles. The third-order valence-electron chi connectivity index (χ3n) is 6.03. The first-order valence-electron chi connectivity index (χ1n) is 12.5. The summed E-state index contributed by atoms with van der Waals surface area (Å²) < 4.78 is 100. The number of benzene rings is 1. The first kappa shape index (κ1) is 33.4. The third-order valence-corrected chi connectivity index (χ3v) is 7.74. The molecule has 1 saturated heterocycles. The molecule has 1 aromatic carbocycles. The van der Waals surface area contributed by atoms with Crippen LogP contribution in [0.2, 0.25) is 25.7 Å². The fourth-order valence-electron chi connectivity index (χ4n) is 3.56. The highest BCUT2D eigenvalue weighted by Crippen LogP contribution is 2.36. The van der Waals surface area contributed by atoms with Crippen LogP contribution in [0.15, 0.2) is 18.2 Å². The Balaban J connectivity index is 2.05. The lowest BCUT2D eigenvalue weighted by atomic mass is 9.93. The highest BCUT2D eigenvalue weighted by molar-refractivity contribution is 6.76. The van der Waals surface area contributed by atoms with Crippen LogP contribution in [-0.4, -0.2) is 81.2 Å². The van der Waals surface area contributed by atoms with Crippen molar-refractivity contribution in [2.45, 2.75) is 64.5 Å². The minimum Gasteiger partial charge on any atom is -0.465 e. The van der Waals surface area contributed by atoms with E-state index < -0.39 is 49.8 Å². The normalized spacial score (nSPS) is 15.5. The minimum atomic E-state index is -5.80. The highest BCUT2D eigenvalue weighted by atomic mass is 28.3. The zero-order valence-electron chi connectivity index (χ0n) is 22.9. The summed E-state index contributed by atoms with van der Waals surface area (Å²) in [6, 6.07) is 5.08. The van der Waals surface area contributed by atoms with Gasteiger partial charge in [-0.25, -0.2) is 9.18 Å². The lowest BCUT2D eigenvalue weighted by molar-refractivity contribution is -0.308.